The average Bonchev–Trinajstić information content (AvgIpc) is 2.33. The van der Waals surface area contributed by atoms with E-state index in [-0.39, 0.29) is 0 Å². The van der Waals surface area contributed by atoms with Crippen LogP contribution in [-0.4, -0.2) is 17.0 Å². The standard InChI is InChI=1S/C18H38O4/c1-13(2)12-18(11,21-19-16(7,8)14(3)4)22-20-17(9,10)15(5)6/h13-15H,12H2,1-11H3. The highest BCUT2D eigenvalue weighted by molar-refractivity contribution is 4.73. The average molecular weight is 318 g/mol. The van der Waals surface area contributed by atoms with Crippen LogP contribution in [-0.2, 0) is 19.6 Å². The van der Waals surface area contributed by atoms with Crippen LogP contribution in [0.4, 0.5) is 0 Å². The maximum Gasteiger partial charge on any atom is 0.231 e. The zero-order valence-corrected chi connectivity index (χ0v) is 16.6. The number of hydrogen-bond donors (Lipinski definition) is 0. The van der Waals surface area contributed by atoms with E-state index in [2.05, 4.69) is 41.5 Å². The van der Waals surface area contributed by atoms with Crippen LogP contribution in [0.2, 0.25) is 0 Å². The Kier molecular flexibility index (Phi) is 8.03. The third-order valence-corrected chi connectivity index (χ3v) is 4.43. The summed E-state index contributed by atoms with van der Waals surface area (Å²) in [6, 6.07) is 0. The number of rotatable bonds is 10. The fourth-order valence-corrected chi connectivity index (χ4v) is 1.41. The smallest absolute Gasteiger partial charge is 0.227 e. The van der Waals surface area contributed by atoms with Gasteiger partial charge in [-0.2, -0.15) is 9.78 Å². The molecule has 0 fully saturated rings. The maximum atomic E-state index is 5.69. The number of hydrogen-bond acceptors (Lipinski definition) is 4. The van der Waals surface area contributed by atoms with E-state index in [9.17, 15) is 0 Å². The van der Waals surface area contributed by atoms with Gasteiger partial charge in [0.05, 0.1) is 0 Å². The molecule has 0 aromatic heterocycles. The van der Waals surface area contributed by atoms with Gasteiger partial charge in [-0.05, 0) is 52.4 Å². The lowest BCUT2D eigenvalue weighted by atomic mass is 9.95. The van der Waals surface area contributed by atoms with Gasteiger partial charge >= 0.3 is 0 Å². The van der Waals surface area contributed by atoms with Crippen LogP contribution in [0.25, 0.3) is 0 Å². The van der Waals surface area contributed by atoms with Crippen LogP contribution in [0.5, 0.6) is 0 Å². The first-order valence-electron chi connectivity index (χ1n) is 8.45. The fourth-order valence-electron chi connectivity index (χ4n) is 1.41. The second-order valence-electron chi connectivity index (χ2n) is 8.58. The van der Waals surface area contributed by atoms with E-state index in [1.807, 2.05) is 34.6 Å². The Balaban J connectivity index is 4.86. The van der Waals surface area contributed by atoms with Crippen molar-refractivity contribution in [1.82, 2.24) is 0 Å². The minimum atomic E-state index is -0.938. The molecule has 4 heteroatoms. The van der Waals surface area contributed by atoms with Crippen LogP contribution in [0.15, 0.2) is 0 Å². The van der Waals surface area contributed by atoms with Crippen molar-refractivity contribution in [1.29, 1.82) is 0 Å². The molecule has 0 radical (unpaired) electrons. The van der Waals surface area contributed by atoms with Crippen molar-refractivity contribution in [2.45, 2.75) is 99.6 Å². The monoisotopic (exact) mass is 318 g/mol. The second kappa shape index (κ2) is 8.09. The Morgan fingerprint density at radius 3 is 1.14 bits per heavy atom. The van der Waals surface area contributed by atoms with Gasteiger partial charge in [0.25, 0.3) is 0 Å². The van der Waals surface area contributed by atoms with E-state index in [4.69, 9.17) is 19.6 Å². The summed E-state index contributed by atoms with van der Waals surface area (Å²) in [6.07, 6.45) is 0.676. The molecule has 0 aromatic carbocycles. The van der Waals surface area contributed by atoms with Gasteiger partial charge in [0.15, 0.2) is 0 Å². The molecular formula is C18H38O4. The Morgan fingerprint density at radius 2 is 0.909 bits per heavy atom. The lowest BCUT2D eigenvalue weighted by Gasteiger charge is -2.37. The van der Waals surface area contributed by atoms with Crippen LogP contribution in [0.3, 0.4) is 0 Å². The normalized spacial score (nSPS) is 14.5. The minimum absolute atomic E-state index is 0.323. The van der Waals surface area contributed by atoms with Crippen molar-refractivity contribution < 1.29 is 19.6 Å². The predicted molar refractivity (Wildman–Crippen MR) is 90.0 cm³/mol. The largest absolute Gasteiger partial charge is 0.231 e. The highest BCUT2D eigenvalue weighted by atomic mass is 17.3. The quantitative estimate of drug-likeness (QED) is 0.302. The van der Waals surface area contributed by atoms with Crippen molar-refractivity contribution in [3.8, 4) is 0 Å². The highest BCUT2D eigenvalue weighted by Crippen LogP contribution is 2.31. The molecule has 0 aliphatic rings. The Bertz CT molecular complexity index is 295. The Morgan fingerprint density at radius 1 is 0.591 bits per heavy atom. The van der Waals surface area contributed by atoms with Gasteiger partial charge in [-0.1, -0.05) is 41.5 Å². The van der Waals surface area contributed by atoms with Gasteiger partial charge in [0, 0.05) is 6.42 Å². The molecule has 0 unspecified atom stereocenters. The van der Waals surface area contributed by atoms with E-state index >= 15 is 0 Å². The summed E-state index contributed by atoms with van der Waals surface area (Å²) < 4.78 is 0. The molecule has 0 heterocycles. The van der Waals surface area contributed by atoms with Crippen LogP contribution >= 0.6 is 0 Å². The molecule has 0 N–H and O–H groups in total. The molecule has 134 valence electrons. The van der Waals surface area contributed by atoms with Gasteiger partial charge in [-0.25, -0.2) is 9.78 Å². The topological polar surface area (TPSA) is 36.9 Å². The van der Waals surface area contributed by atoms with Crippen LogP contribution < -0.4 is 0 Å². The van der Waals surface area contributed by atoms with Crippen LogP contribution in [0, 0.1) is 17.8 Å². The third kappa shape index (κ3) is 7.40. The summed E-state index contributed by atoms with van der Waals surface area (Å²) >= 11 is 0. The molecule has 22 heavy (non-hydrogen) atoms. The SMILES string of the molecule is CC(C)CC(C)(OOC(C)(C)C(C)C)OOC(C)(C)C(C)C. The predicted octanol–water partition coefficient (Wildman–Crippen LogP) is 5.51. The van der Waals surface area contributed by atoms with Gasteiger partial charge in [-0.3, -0.25) is 0 Å². The van der Waals surface area contributed by atoms with E-state index in [1.165, 1.54) is 0 Å². The lowest BCUT2D eigenvalue weighted by Crippen LogP contribution is -2.43. The molecule has 0 bridgehead atoms. The molecule has 0 saturated carbocycles. The van der Waals surface area contributed by atoms with Gasteiger partial charge in [0.1, 0.15) is 11.2 Å². The van der Waals surface area contributed by atoms with Crippen molar-refractivity contribution in [3.63, 3.8) is 0 Å². The molecule has 0 spiro atoms. The minimum Gasteiger partial charge on any atom is -0.227 e. The molecule has 0 aliphatic carbocycles. The summed E-state index contributed by atoms with van der Waals surface area (Å²) in [5, 5.41) is 0. The molecule has 0 aliphatic heterocycles. The van der Waals surface area contributed by atoms with Crippen molar-refractivity contribution in [2.75, 3.05) is 0 Å². The van der Waals surface area contributed by atoms with Crippen molar-refractivity contribution in [2.24, 2.45) is 17.8 Å². The maximum absolute atomic E-state index is 5.69. The van der Waals surface area contributed by atoms with E-state index in [0.29, 0.717) is 24.2 Å². The summed E-state index contributed by atoms with van der Waals surface area (Å²) in [7, 11) is 0. The van der Waals surface area contributed by atoms with E-state index < -0.39 is 17.0 Å². The third-order valence-electron chi connectivity index (χ3n) is 4.43. The first kappa shape index (κ1) is 21.8. The molecule has 0 amide bonds. The lowest BCUT2D eigenvalue weighted by molar-refractivity contribution is -0.545. The summed E-state index contributed by atoms with van der Waals surface area (Å²) in [5.41, 5.74) is -0.787. The summed E-state index contributed by atoms with van der Waals surface area (Å²) in [4.78, 5) is 22.7. The Labute approximate surface area is 137 Å². The molecular weight excluding hydrogens is 280 g/mol. The summed E-state index contributed by atoms with van der Waals surface area (Å²) in [5.74, 6) is 0.0983. The first-order chi connectivity index (χ1) is 9.72. The zero-order chi connectivity index (χ0) is 17.8. The van der Waals surface area contributed by atoms with Gasteiger partial charge in [0.2, 0.25) is 5.79 Å². The highest BCUT2D eigenvalue weighted by Gasteiger charge is 2.37. The van der Waals surface area contributed by atoms with Gasteiger partial charge in [-0.15, -0.1) is 0 Å². The molecule has 0 aromatic rings. The van der Waals surface area contributed by atoms with Crippen molar-refractivity contribution in [3.05, 3.63) is 0 Å². The summed E-state index contributed by atoms with van der Waals surface area (Å²) in [6.45, 7) is 22.5. The molecule has 0 saturated heterocycles. The van der Waals surface area contributed by atoms with E-state index in [1.54, 1.807) is 0 Å². The van der Waals surface area contributed by atoms with Crippen molar-refractivity contribution >= 4 is 0 Å². The van der Waals surface area contributed by atoms with E-state index in [0.717, 1.165) is 0 Å². The zero-order valence-electron chi connectivity index (χ0n) is 16.6. The molecule has 4 nitrogen and oxygen atoms in total. The second-order valence-corrected chi connectivity index (χ2v) is 8.58. The fraction of sp³-hybridized carbons (Fsp3) is 1.00. The van der Waals surface area contributed by atoms with Gasteiger partial charge < -0.3 is 0 Å². The Hall–Kier alpha value is -0.160. The molecule has 0 atom stereocenters. The van der Waals surface area contributed by atoms with Crippen LogP contribution in [0.1, 0.15) is 82.6 Å². The molecule has 0 rings (SSSR count). The first-order valence-corrected chi connectivity index (χ1v) is 8.45.